The number of methoxy groups -OCH3 is 1. The Morgan fingerprint density at radius 3 is 2.39 bits per heavy atom. The highest BCUT2D eigenvalue weighted by molar-refractivity contribution is 7.15. The van der Waals surface area contributed by atoms with Crippen LogP contribution < -0.4 is 5.32 Å². The average molecular weight is 429 g/mol. The van der Waals surface area contributed by atoms with Crippen LogP contribution in [0.1, 0.15) is 10.7 Å². The number of benzene rings is 2. The molecule has 5 aromatic rings. The summed E-state index contributed by atoms with van der Waals surface area (Å²) in [4.78, 5) is 5.92. The van der Waals surface area contributed by atoms with Gasteiger partial charge in [0.2, 0.25) is 0 Å². The molecule has 0 aliphatic carbocycles. The largest absolute Gasteiger partial charge is 0.378 e. The molecule has 2 aromatic carbocycles. The number of thiazole rings is 1. The van der Waals surface area contributed by atoms with Gasteiger partial charge in [0.25, 0.3) is 0 Å². The van der Waals surface area contributed by atoms with Crippen LogP contribution in [0.5, 0.6) is 0 Å². The van der Waals surface area contributed by atoms with E-state index in [0.717, 1.165) is 32.5 Å². The lowest BCUT2D eigenvalue weighted by Gasteiger charge is -2.07. The number of anilines is 1. The van der Waals surface area contributed by atoms with Crippen LogP contribution in [0.4, 0.5) is 5.82 Å². The Hall–Kier alpha value is -3.62. The van der Waals surface area contributed by atoms with Crippen LogP contribution in [-0.4, -0.2) is 31.9 Å². The van der Waals surface area contributed by atoms with Gasteiger partial charge < -0.3 is 10.1 Å². The quantitative estimate of drug-likeness (QED) is 0.406. The predicted octanol–water partition coefficient (Wildman–Crippen LogP) is 4.67. The maximum atomic E-state index is 5.29. The lowest BCUT2D eigenvalue weighted by Crippen LogP contribution is -2.06. The van der Waals surface area contributed by atoms with Gasteiger partial charge in [0, 0.05) is 12.7 Å². The Bertz CT molecular complexity index is 1300. The molecule has 0 radical (unpaired) electrons. The number of hydrogen-bond acceptors (Lipinski definition) is 7. The number of nitrogens with zero attached hydrogens (tertiary/aromatic N) is 5. The number of aromatic nitrogens is 5. The van der Waals surface area contributed by atoms with Gasteiger partial charge in [0.05, 0.1) is 23.7 Å². The van der Waals surface area contributed by atoms with E-state index in [0.29, 0.717) is 24.6 Å². The van der Waals surface area contributed by atoms with Crippen LogP contribution in [0.3, 0.4) is 0 Å². The number of ether oxygens (including phenoxy) is 1. The second-order valence-corrected chi connectivity index (χ2v) is 8.00. The predicted molar refractivity (Wildman–Crippen MR) is 122 cm³/mol. The smallest absolute Gasteiger partial charge is 0.185 e. The monoisotopic (exact) mass is 428 g/mol. The molecule has 0 saturated carbocycles. The van der Waals surface area contributed by atoms with Crippen LogP contribution in [0.25, 0.3) is 27.5 Å². The molecule has 0 atom stereocenters. The normalized spacial score (nSPS) is 11.1. The van der Waals surface area contributed by atoms with Crippen molar-refractivity contribution in [1.29, 1.82) is 0 Å². The van der Waals surface area contributed by atoms with Crippen LogP contribution in [0.2, 0.25) is 0 Å². The highest BCUT2D eigenvalue weighted by atomic mass is 32.1. The Morgan fingerprint density at radius 2 is 1.65 bits per heavy atom. The molecule has 0 aliphatic rings. The van der Waals surface area contributed by atoms with Gasteiger partial charge in [0.15, 0.2) is 11.5 Å². The minimum absolute atomic E-state index is 0.496. The lowest BCUT2D eigenvalue weighted by atomic mass is 10.1. The molecule has 3 aromatic heterocycles. The standard InChI is InChI=1S/C23H20N6OS/c1-30-15-21-25-18(22(31-21)16-8-4-2-5-9-16)14-24-19-12-13-20-26-27-23(29(20)28-19)17-10-6-3-7-11-17/h2-13H,14-15H2,1H3,(H,24,28). The highest BCUT2D eigenvalue weighted by Crippen LogP contribution is 2.31. The van der Waals surface area contributed by atoms with Crippen molar-refractivity contribution in [2.24, 2.45) is 0 Å². The summed E-state index contributed by atoms with van der Waals surface area (Å²) in [6.45, 7) is 1.04. The van der Waals surface area contributed by atoms with Crippen molar-refractivity contribution in [3.05, 3.63) is 83.5 Å². The molecule has 0 amide bonds. The lowest BCUT2D eigenvalue weighted by molar-refractivity contribution is 0.184. The summed E-state index contributed by atoms with van der Waals surface area (Å²) in [6, 6.07) is 24.0. The summed E-state index contributed by atoms with van der Waals surface area (Å²) < 4.78 is 7.04. The fourth-order valence-corrected chi connectivity index (χ4v) is 4.40. The van der Waals surface area contributed by atoms with E-state index in [1.165, 1.54) is 0 Å². The van der Waals surface area contributed by atoms with Crippen LogP contribution in [-0.2, 0) is 17.9 Å². The molecular weight excluding hydrogens is 408 g/mol. The van der Waals surface area contributed by atoms with E-state index in [2.05, 4.69) is 27.6 Å². The number of nitrogens with one attached hydrogen (secondary N) is 1. The fraction of sp³-hybridized carbons (Fsp3) is 0.130. The second-order valence-electron chi connectivity index (χ2n) is 6.91. The first-order valence-electron chi connectivity index (χ1n) is 9.86. The number of hydrogen-bond donors (Lipinski definition) is 1. The van der Waals surface area contributed by atoms with E-state index < -0.39 is 0 Å². The first-order valence-corrected chi connectivity index (χ1v) is 10.7. The highest BCUT2D eigenvalue weighted by Gasteiger charge is 2.14. The van der Waals surface area contributed by atoms with Gasteiger partial charge in [-0.3, -0.25) is 0 Å². The number of fused-ring (bicyclic) bond motifs is 1. The number of rotatable bonds is 7. The molecule has 0 bridgehead atoms. The summed E-state index contributed by atoms with van der Waals surface area (Å²) >= 11 is 1.65. The van der Waals surface area contributed by atoms with Gasteiger partial charge in [0.1, 0.15) is 10.8 Å². The summed E-state index contributed by atoms with van der Waals surface area (Å²) in [6.07, 6.45) is 0. The topological polar surface area (TPSA) is 77.2 Å². The van der Waals surface area contributed by atoms with E-state index in [9.17, 15) is 0 Å². The minimum Gasteiger partial charge on any atom is -0.378 e. The van der Waals surface area contributed by atoms with Crippen molar-refractivity contribution in [2.75, 3.05) is 12.4 Å². The van der Waals surface area contributed by atoms with Crippen molar-refractivity contribution >= 4 is 22.8 Å². The molecule has 5 rings (SSSR count). The Kier molecular flexibility index (Phi) is 5.39. The van der Waals surface area contributed by atoms with Crippen LogP contribution >= 0.6 is 11.3 Å². The summed E-state index contributed by atoms with van der Waals surface area (Å²) in [5.41, 5.74) is 3.78. The first kappa shape index (κ1) is 19.3. The molecule has 1 N–H and O–H groups in total. The Morgan fingerprint density at radius 1 is 0.903 bits per heavy atom. The van der Waals surface area contributed by atoms with E-state index in [-0.39, 0.29) is 0 Å². The third-order valence-corrected chi connectivity index (χ3v) is 5.90. The second kappa shape index (κ2) is 8.63. The SMILES string of the molecule is COCc1nc(CNc2ccc3nnc(-c4ccccc4)n3n2)c(-c2ccccc2)s1. The first-order chi connectivity index (χ1) is 15.3. The zero-order valence-corrected chi connectivity index (χ0v) is 17.7. The van der Waals surface area contributed by atoms with Crippen molar-refractivity contribution in [1.82, 2.24) is 24.8 Å². The van der Waals surface area contributed by atoms with Crippen LogP contribution in [0, 0.1) is 0 Å². The van der Waals surface area contributed by atoms with Gasteiger partial charge in [-0.05, 0) is 17.7 Å². The molecule has 154 valence electrons. The van der Waals surface area contributed by atoms with Crippen LogP contribution in [0.15, 0.2) is 72.8 Å². The summed E-state index contributed by atoms with van der Waals surface area (Å²) in [5, 5.41) is 17.6. The molecule has 0 fully saturated rings. The Labute approximate surface area is 183 Å². The summed E-state index contributed by atoms with van der Waals surface area (Å²) in [7, 11) is 1.68. The molecule has 3 heterocycles. The zero-order valence-electron chi connectivity index (χ0n) is 16.9. The fourth-order valence-electron chi connectivity index (χ4n) is 3.35. The average Bonchev–Trinajstić information content (AvgIpc) is 3.43. The molecule has 0 saturated heterocycles. The van der Waals surface area contributed by atoms with Gasteiger partial charge in [-0.1, -0.05) is 60.7 Å². The van der Waals surface area contributed by atoms with E-state index in [1.807, 2.05) is 60.7 Å². The minimum atomic E-state index is 0.496. The van der Waals surface area contributed by atoms with E-state index in [1.54, 1.807) is 23.0 Å². The third kappa shape index (κ3) is 4.03. The molecule has 0 aliphatic heterocycles. The van der Waals surface area contributed by atoms with Gasteiger partial charge in [-0.15, -0.1) is 26.6 Å². The van der Waals surface area contributed by atoms with Crippen molar-refractivity contribution in [3.8, 4) is 21.8 Å². The molecule has 0 spiro atoms. The Balaban J connectivity index is 1.43. The third-order valence-electron chi connectivity index (χ3n) is 4.78. The maximum absolute atomic E-state index is 5.29. The molecule has 7 nitrogen and oxygen atoms in total. The zero-order chi connectivity index (χ0) is 21.0. The molecule has 31 heavy (non-hydrogen) atoms. The van der Waals surface area contributed by atoms with E-state index in [4.69, 9.17) is 14.8 Å². The molecule has 0 unspecified atom stereocenters. The van der Waals surface area contributed by atoms with Gasteiger partial charge in [-0.25, -0.2) is 4.98 Å². The van der Waals surface area contributed by atoms with Crippen molar-refractivity contribution in [2.45, 2.75) is 13.2 Å². The van der Waals surface area contributed by atoms with E-state index >= 15 is 0 Å². The van der Waals surface area contributed by atoms with Crippen molar-refractivity contribution in [3.63, 3.8) is 0 Å². The maximum Gasteiger partial charge on any atom is 0.185 e. The van der Waals surface area contributed by atoms with Gasteiger partial charge >= 0.3 is 0 Å². The van der Waals surface area contributed by atoms with Gasteiger partial charge in [-0.2, -0.15) is 4.52 Å². The summed E-state index contributed by atoms with van der Waals surface area (Å²) in [5.74, 6) is 1.44. The molecular formula is C23H20N6OS. The molecule has 8 heteroatoms. The van der Waals surface area contributed by atoms with Crippen molar-refractivity contribution < 1.29 is 4.74 Å².